The Hall–Kier alpha value is -0.990. The van der Waals surface area contributed by atoms with Crippen molar-refractivity contribution in [3.8, 4) is 0 Å². The number of aromatic nitrogens is 1. The van der Waals surface area contributed by atoms with Crippen LogP contribution in [-0.4, -0.2) is 11.1 Å². The van der Waals surface area contributed by atoms with Gasteiger partial charge in [-0.3, -0.25) is 0 Å². The molecule has 4 heteroatoms. The van der Waals surface area contributed by atoms with Gasteiger partial charge in [0.05, 0.1) is 9.88 Å². The van der Waals surface area contributed by atoms with E-state index >= 15 is 0 Å². The number of hydrogen-bond acceptors (Lipinski definition) is 4. The first-order chi connectivity index (χ1) is 5.56. The van der Waals surface area contributed by atoms with E-state index in [2.05, 4.69) is 9.98 Å². The summed E-state index contributed by atoms with van der Waals surface area (Å²) in [7, 11) is 0. The molecular weight excluding hydrogens is 172 g/mol. The van der Waals surface area contributed by atoms with Crippen LogP contribution in [0.25, 0.3) is 0 Å². The fraction of sp³-hybridized carbons (Fsp3) is 0.500. The first-order valence-corrected chi connectivity index (χ1v) is 4.40. The predicted molar refractivity (Wildman–Crippen MR) is 48.0 cm³/mol. The van der Waals surface area contributed by atoms with E-state index in [1.54, 1.807) is 23.6 Å². The van der Waals surface area contributed by atoms with Crippen molar-refractivity contribution in [3.63, 3.8) is 0 Å². The summed E-state index contributed by atoms with van der Waals surface area (Å²) >= 11 is 1.55. The fourth-order valence-corrected chi connectivity index (χ4v) is 1.64. The molecule has 0 N–H and O–H groups in total. The van der Waals surface area contributed by atoms with E-state index in [0.717, 1.165) is 9.88 Å². The highest BCUT2D eigenvalue weighted by Crippen LogP contribution is 2.28. The minimum Gasteiger partial charge on any atom is -0.250 e. The first-order valence-electron chi connectivity index (χ1n) is 3.58. The summed E-state index contributed by atoms with van der Waals surface area (Å²) in [6.45, 7) is 5.66. The van der Waals surface area contributed by atoms with Crippen molar-refractivity contribution in [1.29, 1.82) is 0 Å². The van der Waals surface area contributed by atoms with E-state index in [1.165, 1.54) is 0 Å². The van der Waals surface area contributed by atoms with Crippen LogP contribution in [0.5, 0.6) is 0 Å². The third-order valence-electron chi connectivity index (χ3n) is 1.55. The number of thiazole rings is 1. The van der Waals surface area contributed by atoms with Gasteiger partial charge in [-0.1, -0.05) is 0 Å². The second-order valence-electron chi connectivity index (χ2n) is 3.01. The summed E-state index contributed by atoms with van der Waals surface area (Å²) in [5.74, 6) is 0. The van der Waals surface area contributed by atoms with E-state index in [0.29, 0.717) is 0 Å². The standard InChI is InChI=1S/C8H10N2OS/c1-6-9-4-7(12-6)8(2,3)10-5-11/h4H,1-3H3. The van der Waals surface area contributed by atoms with Gasteiger partial charge >= 0.3 is 0 Å². The number of aliphatic imine (C=N–C) groups is 1. The zero-order valence-corrected chi connectivity index (χ0v) is 8.10. The average Bonchev–Trinajstić information content (AvgIpc) is 2.36. The predicted octanol–water partition coefficient (Wildman–Crippen LogP) is 2.02. The molecule has 12 heavy (non-hydrogen) atoms. The largest absolute Gasteiger partial charge is 0.250 e. The van der Waals surface area contributed by atoms with Crippen LogP contribution in [0.1, 0.15) is 23.7 Å². The van der Waals surface area contributed by atoms with Crippen LogP contribution < -0.4 is 0 Å². The smallest absolute Gasteiger partial charge is 0.235 e. The molecule has 0 bridgehead atoms. The van der Waals surface area contributed by atoms with Gasteiger partial charge in [-0.15, -0.1) is 11.3 Å². The van der Waals surface area contributed by atoms with Gasteiger partial charge in [0.15, 0.2) is 0 Å². The molecular formula is C8H10N2OS. The molecule has 0 spiro atoms. The topological polar surface area (TPSA) is 42.3 Å². The molecule has 0 aliphatic rings. The highest BCUT2D eigenvalue weighted by molar-refractivity contribution is 7.11. The Morgan fingerprint density at radius 3 is 2.75 bits per heavy atom. The van der Waals surface area contributed by atoms with E-state index in [-0.39, 0.29) is 0 Å². The molecule has 0 saturated carbocycles. The van der Waals surface area contributed by atoms with Crippen molar-refractivity contribution in [2.24, 2.45) is 4.99 Å². The van der Waals surface area contributed by atoms with Gasteiger partial charge in [0, 0.05) is 6.20 Å². The monoisotopic (exact) mass is 182 g/mol. The highest BCUT2D eigenvalue weighted by atomic mass is 32.1. The van der Waals surface area contributed by atoms with Crippen molar-refractivity contribution in [3.05, 3.63) is 16.1 Å². The van der Waals surface area contributed by atoms with Crippen LogP contribution >= 0.6 is 11.3 Å². The summed E-state index contributed by atoms with van der Waals surface area (Å²) in [5, 5.41) is 0.985. The number of isocyanates is 1. The zero-order valence-electron chi connectivity index (χ0n) is 7.29. The average molecular weight is 182 g/mol. The Labute approximate surface area is 75.2 Å². The lowest BCUT2D eigenvalue weighted by Gasteiger charge is -2.13. The molecule has 0 radical (unpaired) electrons. The van der Waals surface area contributed by atoms with Crippen LogP contribution in [0, 0.1) is 6.92 Å². The van der Waals surface area contributed by atoms with Crippen molar-refractivity contribution in [2.75, 3.05) is 0 Å². The van der Waals surface area contributed by atoms with Crippen LogP contribution in [-0.2, 0) is 10.3 Å². The van der Waals surface area contributed by atoms with Gasteiger partial charge in [-0.2, -0.15) is 4.99 Å². The lowest BCUT2D eigenvalue weighted by Crippen LogP contribution is -2.10. The lowest BCUT2D eigenvalue weighted by atomic mass is 10.1. The molecule has 0 saturated heterocycles. The molecule has 0 amide bonds. The third kappa shape index (κ3) is 1.78. The molecule has 1 heterocycles. The van der Waals surface area contributed by atoms with Gasteiger partial charge in [-0.25, -0.2) is 9.78 Å². The van der Waals surface area contributed by atoms with E-state index in [4.69, 9.17) is 0 Å². The maximum absolute atomic E-state index is 10.1. The molecule has 0 unspecified atom stereocenters. The number of rotatable bonds is 2. The normalized spacial score (nSPS) is 10.9. The summed E-state index contributed by atoms with van der Waals surface area (Å²) in [5.41, 5.74) is -0.478. The van der Waals surface area contributed by atoms with Crippen molar-refractivity contribution >= 4 is 17.4 Å². The molecule has 0 fully saturated rings. The Morgan fingerprint density at radius 1 is 1.67 bits per heavy atom. The van der Waals surface area contributed by atoms with Gasteiger partial charge in [0.1, 0.15) is 5.54 Å². The number of aryl methyl sites for hydroxylation is 1. The van der Waals surface area contributed by atoms with Crippen molar-refractivity contribution in [2.45, 2.75) is 26.3 Å². The SMILES string of the molecule is Cc1ncc(C(C)(C)N=C=O)s1. The van der Waals surface area contributed by atoms with Crippen LogP contribution in [0.4, 0.5) is 0 Å². The Kier molecular flexibility index (Phi) is 2.40. The molecule has 0 aliphatic carbocycles. The summed E-state index contributed by atoms with van der Waals surface area (Å²) in [6, 6.07) is 0. The second-order valence-corrected chi connectivity index (χ2v) is 4.24. The zero-order chi connectivity index (χ0) is 9.19. The van der Waals surface area contributed by atoms with Crippen molar-refractivity contribution in [1.82, 2.24) is 4.98 Å². The van der Waals surface area contributed by atoms with Crippen LogP contribution in [0.15, 0.2) is 11.2 Å². The molecule has 1 aromatic rings. The molecule has 64 valence electrons. The van der Waals surface area contributed by atoms with Gasteiger partial charge in [0.2, 0.25) is 6.08 Å². The molecule has 3 nitrogen and oxygen atoms in total. The van der Waals surface area contributed by atoms with Crippen LogP contribution in [0.3, 0.4) is 0 Å². The molecule has 0 aromatic carbocycles. The molecule has 0 atom stereocenters. The maximum Gasteiger partial charge on any atom is 0.235 e. The van der Waals surface area contributed by atoms with Gasteiger partial charge < -0.3 is 0 Å². The quantitative estimate of drug-likeness (QED) is 0.518. The van der Waals surface area contributed by atoms with E-state index < -0.39 is 5.54 Å². The van der Waals surface area contributed by atoms with E-state index in [1.807, 2.05) is 20.8 Å². The number of nitrogens with zero attached hydrogens (tertiary/aromatic N) is 2. The fourth-order valence-electron chi connectivity index (χ4n) is 0.813. The van der Waals surface area contributed by atoms with Gasteiger partial charge in [-0.05, 0) is 20.8 Å². The summed E-state index contributed by atoms with van der Waals surface area (Å²) in [6.07, 6.45) is 3.32. The number of hydrogen-bond donors (Lipinski definition) is 0. The van der Waals surface area contributed by atoms with Gasteiger partial charge in [0.25, 0.3) is 0 Å². The number of carbonyl (C=O) groups excluding carboxylic acids is 1. The Balaban J connectivity index is 3.04. The molecule has 1 aromatic heterocycles. The molecule has 0 aliphatic heterocycles. The third-order valence-corrected chi connectivity index (χ3v) is 2.78. The Morgan fingerprint density at radius 2 is 2.33 bits per heavy atom. The van der Waals surface area contributed by atoms with Crippen LogP contribution in [0.2, 0.25) is 0 Å². The summed E-state index contributed by atoms with van der Waals surface area (Å²) < 4.78 is 0. The highest BCUT2D eigenvalue weighted by Gasteiger charge is 2.21. The van der Waals surface area contributed by atoms with Crippen molar-refractivity contribution < 1.29 is 4.79 Å². The maximum atomic E-state index is 10.1. The molecule has 1 rings (SSSR count). The van der Waals surface area contributed by atoms with E-state index in [9.17, 15) is 4.79 Å². The summed E-state index contributed by atoms with van der Waals surface area (Å²) in [4.78, 5) is 18.9. The first kappa shape index (κ1) is 9.10. The minimum atomic E-state index is -0.478. The minimum absolute atomic E-state index is 0.478. The second kappa shape index (κ2) is 3.17. The Bertz CT molecular complexity index is 324. The lowest BCUT2D eigenvalue weighted by molar-refractivity contribution is 0.528.